The number of anilines is 1. The maximum Gasteiger partial charge on any atom is 0.251 e. The predicted molar refractivity (Wildman–Crippen MR) is 117 cm³/mol. The molecule has 1 saturated carbocycles. The van der Waals surface area contributed by atoms with E-state index in [1.807, 2.05) is 30.3 Å². The molecule has 0 radical (unpaired) electrons. The van der Waals surface area contributed by atoms with Crippen LogP contribution < -0.4 is 10.6 Å². The molecule has 164 valence electrons. The van der Waals surface area contributed by atoms with E-state index in [0.717, 1.165) is 48.0 Å². The van der Waals surface area contributed by atoms with Crippen molar-refractivity contribution in [3.8, 4) is 0 Å². The van der Waals surface area contributed by atoms with E-state index in [1.54, 1.807) is 0 Å². The molecule has 1 aliphatic rings. The number of para-hydroxylation sites is 1. The largest absolute Gasteiger partial charge is 0.367 e. The van der Waals surface area contributed by atoms with Crippen molar-refractivity contribution in [3.05, 3.63) is 71.0 Å². The summed E-state index contributed by atoms with van der Waals surface area (Å²) in [5, 5.41) is 7.39. The van der Waals surface area contributed by atoms with Crippen molar-refractivity contribution in [1.29, 1.82) is 0 Å². The fourth-order valence-electron chi connectivity index (χ4n) is 3.97. The number of benzene rings is 2. The van der Waals surface area contributed by atoms with Gasteiger partial charge in [-0.3, -0.25) is 4.79 Å². The summed E-state index contributed by atoms with van der Waals surface area (Å²) in [4.78, 5) is 16.9. The molecule has 0 spiro atoms. The Morgan fingerprint density at radius 2 is 1.58 bits per heavy atom. The van der Waals surface area contributed by atoms with Crippen molar-refractivity contribution in [2.75, 3.05) is 5.32 Å². The number of aromatic nitrogens is 1. The van der Waals surface area contributed by atoms with Crippen LogP contribution in [0.1, 0.15) is 41.6 Å². The van der Waals surface area contributed by atoms with Crippen LogP contribution >= 0.6 is 12.4 Å². The van der Waals surface area contributed by atoms with E-state index < -0.39 is 23.4 Å². The third-order valence-corrected chi connectivity index (χ3v) is 5.58. The number of hydrogen-bond donors (Lipinski definition) is 2. The van der Waals surface area contributed by atoms with Gasteiger partial charge in [-0.25, -0.2) is 18.2 Å². The van der Waals surface area contributed by atoms with Gasteiger partial charge in [0, 0.05) is 23.0 Å². The van der Waals surface area contributed by atoms with E-state index in [1.165, 1.54) is 0 Å². The summed E-state index contributed by atoms with van der Waals surface area (Å²) in [6, 6.07) is 11.6. The van der Waals surface area contributed by atoms with Gasteiger partial charge in [0.05, 0.1) is 5.52 Å². The lowest BCUT2D eigenvalue weighted by atomic mass is 9.91. The Balaban J connectivity index is 0.00000272. The van der Waals surface area contributed by atoms with E-state index >= 15 is 0 Å². The number of carbonyl (C=O) groups is 1. The second-order valence-electron chi connectivity index (χ2n) is 7.76. The number of nitrogens with one attached hydrogen (secondary N) is 2. The maximum atomic E-state index is 13.4. The zero-order valence-corrected chi connectivity index (χ0v) is 17.7. The summed E-state index contributed by atoms with van der Waals surface area (Å²) in [6.07, 6.45) is 3.10. The second kappa shape index (κ2) is 9.56. The Morgan fingerprint density at radius 1 is 0.968 bits per heavy atom. The fraction of sp³-hybridized carbons (Fsp3) is 0.304. The van der Waals surface area contributed by atoms with Crippen molar-refractivity contribution in [1.82, 2.24) is 10.3 Å². The molecule has 3 aromatic rings. The number of hydrogen-bond acceptors (Lipinski definition) is 3. The predicted octanol–water partition coefficient (Wildman–Crippen LogP) is 5.54. The first-order valence-electron chi connectivity index (χ1n) is 9.99. The van der Waals surface area contributed by atoms with E-state index in [-0.39, 0.29) is 30.1 Å². The molecule has 1 aliphatic carbocycles. The smallest absolute Gasteiger partial charge is 0.251 e. The topological polar surface area (TPSA) is 54.0 Å². The number of rotatable bonds is 4. The molecule has 2 aromatic carbocycles. The number of aryl methyl sites for hydroxylation is 1. The molecule has 0 unspecified atom stereocenters. The highest BCUT2D eigenvalue weighted by atomic mass is 35.5. The molecule has 0 aliphatic heterocycles. The molecule has 1 aromatic heterocycles. The number of fused-ring (bicyclic) bond motifs is 1. The Bertz CT molecular complexity index is 1080. The van der Waals surface area contributed by atoms with Crippen LogP contribution in [0.15, 0.2) is 42.5 Å². The first-order valence-corrected chi connectivity index (χ1v) is 9.99. The normalized spacial score (nSPS) is 18.3. The summed E-state index contributed by atoms with van der Waals surface area (Å²) in [5.74, 6) is -4.08. The Labute approximate surface area is 184 Å². The van der Waals surface area contributed by atoms with Crippen LogP contribution in [0.25, 0.3) is 10.9 Å². The highest BCUT2D eigenvalue weighted by Crippen LogP contribution is 2.25. The van der Waals surface area contributed by atoms with Crippen molar-refractivity contribution in [2.24, 2.45) is 0 Å². The minimum absolute atomic E-state index is 0. The molecule has 1 amide bonds. The third-order valence-electron chi connectivity index (χ3n) is 5.58. The van der Waals surface area contributed by atoms with Crippen LogP contribution in [-0.2, 0) is 0 Å². The molecule has 31 heavy (non-hydrogen) atoms. The summed E-state index contributed by atoms with van der Waals surface area (Å²) in [5.41, 5.74) is 1.88. The van der Waals surface area contributed by atoms with Crippen molar-refractivity contribution in [2.45, 2.75) is 44.7 Å². The van der Waals surface area contributed by atoms with Gasteiger partial charge in [0.15, 0.2) is 17.5 Å². The monoisotopic (exact) mass is 449 g/mol. The van der Waals surface area contributed by atoms with Gasteiger partial charge >= 0.3 is 0 Å². The van der Waals surface area contributed by atoms with Crippen LogP contribution in [0.3, 0.4) is 0 Å². The minimum atomic E-state index is -1.57. The van der Waals surface area contributed by atoms with Crippen LogP contribution in [0.2, 0.25) is 0 Å². The van der Waals surface area contributed by atoms with Gasteiger partial charge in [0.2, 0.25) is 0 Å². The lowest BCUT2D eigenvalue weighted by Crippen LogP contribution is -2.40. The molecule has 1 heterocycles. The third kappa shape index (κ3) is 5.10. The second-order valence-corrected chi connectivity index (χ2v) is 7.76. The number of carbonyl (C=O) groups excluding carboxylic acids is 1. The molecule has 0 atom stereocenters. The molecule has 8 heteroatoms. The molecule has 4 nitrogen and oxygen atoms in total. The van der Waals surface area contributed by atoms with E-state index in [9.17, 15) is 18.0 Å². The van der Waals surface area contributed by atoms with E-state index in [4.69, 9.17) is 0 Å². The van der Waals surface area contributed by atoms with Gasteiger partial charge in [0.25, 0.3) is 5.91 Å². The van der Waals surface area contributed by atoms with Gasteiger partial charge in [-0.2, -0.15) is 0 Å². The minimum Gasteiger partial charge on any atom is -0.367 e. The van der Waals surface area contributed by atoms with Crippen LogP contribution in [0.5, 0.6) is 0 Å². The van der Waals surface area contributed by atoms with Crippen molar-refractivity contribution >= 4 is 35.0 Å². The van der Waals surface area contributed by atoms with Crippen LogP contribution in [0.4, 0.5) is 19.0 Å². The number of halogens is 4. The van der Waals surface area contributed by atoms with Gasteiger partial charge in [-0.1, -0.05) is 18.2 Å². The quantitative estimate of drug-likeness (QED) is 0.514. The first-order chi connectivity index (χ1) is 14.4. The standard InChI is InChI=1S/C23H22F3N3O.ClH/c1-13-10-21(29-20-5-3-2-4-17(13)20)27-15-6-8-16(9-7-15)28-23(30)14-11-18(24)22(26)19(25)12-14;/h2-5,10-12,15-16H,6-9H2,1H3,(H,27,29)(H,28,30);1H/t15-,16+;. The van der Waals surface area contributed by atoms with Gasteiger partial charge in [-0.15, -0.1) is 12.4 Å². The molecular formula is C23H23ClF3N3O. The lowest BCUT2D eigenvalue weighted by Gasteiger charge is -2.30. The zero-order chi connectivity index (χ0) is 21.3. The Kier molecular flexibility index (Phi) is 7.05. The Morgan fingerprint density at radius 3 is 2.26 bits per heavy atom. The average molecular weight is 450 g/mol. The molecule has 1 fully saturated rings. The highest BCUT2D eigenvalue weighted by Gasteiger charge is 2.24. The zero-order valence-electron chi connectivity index (χ0n) is 16.9. The Hall–Kier alpha value is -2.80. The molecule has 4 rings (SSSR count). The first kappa shape index (κ1) is 22.9. The van der Waals surface area contributed by atoms with Gasteiger partial charge < -0.3 is 10.6 Å². The van der Waals surface area contributed by atoms with Crippen molar-refractivity contribution < 1.29 is 18.0 Å². The van der Waals surface area contributed by atoms with E-state index in [0.29, 0.717) is 12.1 Å². The highest BCUT2D eigenvalue weighted by molar-refractivity contribution is 5.94. The van der Waals surface area contributed by atoms with Gasteiger partial charge in [0.1, 0.15) is 5.82 Å². The molecule has 2 N–H and O–H groups in total. The lowest BCUT2D eigenvalue weighted by molar-refractivity contribution is 0.0925. The number of amides is 1. The molecular weight excluding hydrogens is 427 g/mol. The number of pyridine rings is 1. The summed E-state index contributed by atoms with van der Waals surface area (Å²) in [7, 11) is 0. The summed E-state index contributed by atoms with van der Waals surface area (Å²) < 4.78 is 39.8. The molecule has 0 bridgehead atoms. The average Bonchev–Trinajstić information content (AvgIpc) is 2.73. The van der Waals surface area contributed by atoms with Crippen molar-refractivity contribution in [3.63, 3.8) is 0 Å². The fourth-order valence-corrected chi connectivity index (χ4v) is 3.97. The maximum absolute atomic E-state index is 13.4. The molecule has 0 saturated heterocycles. The van der Waals surface area contributed by atoms with Crippen LogP contribution in [0, 0.1) is 24.4 Å². The van der Waals surface area contributed by atoms with Gasteiger partial charge in [-0.05, 0) is 62.4 Å². The SMILES string of the molecule is Cc1cc(N[C@H]2CC[C@@H](NC(=O)c3cc(F)c(F)c(F)c3)CC2)nc2ccccc12.Cl. The summed E-state index contributed by atoms with van der Waals surface area (Å²) in [6.45, 7) is 2.06. The van der Waals surface area contributed by atoms with Crippen LogP contribution in [-0.4, -0.2) is 23.0 Å². The number of nitrogens with zero attached hydrogens (tertiary/aromatic N) is 1. The van der Waals surface area contributed by atoms with E-state index in [2.05, 4.69) is 22.5 Å². The summed E-state index contributed by atoms with van der Waals surface area (Å²) >= 11 is 0.